The number of benzene rings is 2. The molecule has 0 bridgehead atoms. The molecule has 5 nitrogen and oxygen atoms in total. The fraction of sp³-hybridized carbons (Fsp3) is 0.286. The minimum Gasteiger partial charge on any atom is -0.460 e. The first-order valence-corrected chi connectivity index (χ1v) is 8.59. The van der Waals surface area contributed by atoms with Gasteiger partial charge in [-0.25, -0.2) is 0 Å². The Morgan fingerprint density at radius 1 is 1.23 bits per heavy atom. The molecule has 0 saturated carbocycles. The first-order valence-electron chi connectivity index (χ1n) is 8.59. The van der Waals surface area contributed by atoms with Crippen LogP contribution in [0.25, 0.3) is 0 Å². The zero-order chi connectivity index (χ0) is 18.5. The van der Waals surface area contributed by atoms with Gasteiger partial charge in [-0.1, -0.05) is 48.5 Å². The second-order valence-corrected chi connectivity index (χ2v) is 6.41. The lowest BCUT2D eigenvalue weighted by molar-refractivity contribution is -0.149. The Morgan fingerprint density at radius 3 is 2.65 bits per heavy atom. The van der Waals surface area contributed by atoms with Crippen molar-refractivity contribution in [3.05, 3.63) is 71.3 Å². The van der Waals surface area contributed by atoms with E-state index in [0.29, 0.717) is 17.7 Å². The van der Waals surface area contributed by atoms with Crippen LogP contribution in [0.3, 0.4) is 0 Å². The van der Waals surface area contributed by atoms with Crippen LogP contribution in [0.1, 0.15) is 36.1 Å². The monoisotopic (exact) mass is 348 g/mol. The third-order valence-corrected chi connectivity index (χ3v) is 4.75. The third-order valence-electron chi connectivity index (χ3n) is 4.75. The van der Waals surface area contributed by atoms with E-state index in [4.69, 9.17) is 10.00 Å². The number of nitriles is 1. The van der Waals surface area contributed by atoms with Crippen molar-refractivity contribution < 1.29 is 14.3 Å². The molecule has 0 unspecified atom stereocenters. The second-order valence-electron chi connectivity index (χ2n) is 6.41. The normalized spacial score (nSPS) is 17.6. The minimum absolute atomic E-state index is 0.0410. The molecule has 0 radical (unpaired) electrons. The summed E-state index contributed by atoms with van der Waals surface area (Å²) in [7, 11) is 0. The largest absolute Gasteiger partial charge is 0.460 e. The summed E-state index contributed by atoms with van der Waals surface area (Å²) in [5, 5.41) is 9.09. The SMILES string of the molecule is C[C@H](c1ccccc1)N1C[C@H](C(=O)OCc2ccccc2C#N)CC1=O. The average molecular weight is 348 g/mol. The molecule has 132 valence electrons. The van der Waals surface area contributed by atoms with Crippen molar-refractivity contribution in [3.63, 3.8) is 0 Å². The lowest BCUT2D eigenvalue weighted by Gasteiger charge is -2.25. The standard InChI is InChI=1S/C21H20N2O3/c1-15(16-7-3-2-4-8-16)23-13-19(11-20(23)24)21(25)26-14-18-10-6-5-9-17(18)12-22/h2-10,15,19H,11,13-14H2,1H3/t15-,19-/m1/s1. The summed E-state index contributed by atoms with van der Waals surface area (Å²) in [6.07, 6.45) is 0.163. The van der Waals surface area contributed by atoms with Crippen molar-refractivity contribution in [3.8, 4) is 6.07 Å². The third kappa shape index (κ3) is 3.75. The van der Waals surface area contributed by atoms with E-state index in [0.717, 1.165) is 5.56 Å². The maximum absolute atomic E-state index is 12.4. The summed E-state index contributed by atoms with van der Waals surface area (Å²) in [6.45, 7) is 2.36. The van der Waals surface area contributed by atoms with E-state index in [1.807, 2.05) is 37.3 Å². The summed E-state index contributed by atoms with van der Waals surface area (Å²) in [4.78, 5) is 26.5. The molecule has 26 heavy (non-hydrogen) atoms. The smallest absolute Gasteiger partial charge is 0.311 e. The van der Waals surface area contributed by atoms with E-state index < -0.39 is 11.9 Å². The van der Waals surface area contributed by atoms with Crippen LogP contribution in [-0.4, -0.2) is 23.3 Å². The molecule has 1 heterocycles. The summed E-state index contributed by atoms with van der Waals surface area (Å²) in [5.74, 6) is -0.905. The zero-order valence-corrected chi connectivity index (χ0v) is 14.6. The summed E-state index contributed by atoms with van der Waals surface area (Å²) >= 11 is 0. The van der Waals surface area contributed by atoms with Crippen molar-refractivity contribution in [2.24, 2.45) is 5.92 Å². The topological polar surface area (TPSA) is 70.4 Å². The van der Waals surface area contributed by atoms with Crippen LogP contribution < -0.4 is 0 Å². The maximum Gasteiger partial charge on any atom is 0.311 e. The number of likely N-dealkylation sites (tertiary alicyclic amines) is 1. The van der Waals surface area contributed by atoms with Gasteiger partial charge in [0.15, 0.2) is 0 Å². The number of carbonyl (C=O) groups is 2. The Morgan fingerprint density at radius 2 is 1.92 bits per heavy atom. The van der Waals surface area contributed by atoms with Gasteiger partial charge < -0.3 is 9.64 Å². The quantitative estimate of drug-likeness (QED) is 0.778. The van der Waals surface area contributed by atoms with Gasteiger partial charge in [-0.05, 0) is 18.6 Å². The van der Waals surface area contributed by atoms with E-state index in [2.05, 4.69) is 6.07 Å². The lowest BCUT2D eigenvalue weighted by Crippen LogP contribution is -2.29. The van der Waals surface area contributed by atoms with E-state index >= 15 is 0 Å². The van der Waals surface area contributed by atoms with Crippen molar-refractivity contribution in [1.82, 2.24) is 4.90 Å². The van der Waals surface area contributed by atoms with Crippen molar-refractivity contribution >= 4 is 11.9 Å². The number of nitrogens with zero attached hydrogens (tertiary/aromatic N) is 2. The number of hydrogen-bond donors (Lipinski definition) is 0. The molecule has 1 fully saturated rings. The van der Waals surface area contributed by atoms with Gasteiger partial charge in [-0.15, -0.1) is 0 Å². The maximum atomic E-state index is 12.4. The Balaban J connectivity index is 1.61. The Hall–Kier alpha value is -3.13. The summed E-state index contributed by atoms with van der Waals surface area (Å²) in [5.41, 5.74) is 2.20. The van der Waals surface area contributed by atoms with Crippen molar-refractivity contribution in [1.29, 1.82) is 5.26 Å². The number of rotatable bonds is 5. The molecule has 1 aliphatic heterocycles. The number of carbonyl (C=O) groups excluding carboxylic acids is 2. The average Bonchev–Trinajstić information content (AvgIpc) is 3.08. The molecule has 3 rings (SSSR count). The predicted molar refractivity (Wildman–Crippen MR) is 95.6 cm³/mol. The molecule has 2 aromatic rings. The van der Waals surface area contributed by atoms with Crippen LogP contribution in [0.5, 0.6) is 0 Å². The van der Waals surface area contributed by atoms with Crippen LogP contribution >= 0.6 is 0 Å². The summed E-state index contributed by atoms with van der Waals surface area (Å²) < 4.78 is 5.37. The first-order chi connectivity index (χ1) is 12.6. The van der Waals surface area contributed by atoms with E-state index in [1.165, 1.54) is 0 Å². The minimum atomic E-state index is -0.470. The molecule has 1 amide bonds. The number of ether oxygens (including phenoxy) is 1. The van der Waals surface area contributed by atoms with Crippen molar-refractivity contribution in [2.45, 2.75) is 26.0 Å². The fourth-order valence-corrected chi connectivity index (χ4v) is 3.20. The molecule has 2 aromatic carbocycles. The highest BCUT2D eigenvalue weighted by Crippen LogP contribution is 2.29. The van der Waals surface area contributed by atoms with Gasteiger partial charge in [0.25, 0.3) is 0 Å². The van der Waals surface area contributed by atoms with Crippen LogP contribution in [0.15, 0.2) is 54.6 Å². The van der Waals surface area contributed by atoms with Crippen LogP contribution in [-0.2, 0) is 20.9 Å². The highest BCUT2D eigenvalue weighted by atomic mass is 16.5. The molecule has 0 N–H and O–H groups in total. The zero-order valence-electron chi connectivity index (χ0n) is 14.6. The highest BCUT2D eigenvalue weighted by molar-refractivity contribution is 5.87. The molecule has 1 aliphatic rings. The van der Waals surface area contributed by atoms with E-state index in [-0.39, 0.29) is 25.0 Å². The van der Waals surface area contributed by atoms with Gasteiger partial charge in [-0.3, -0.25) is 9.59 Å². The van der Waals surface area contributed by atoms with E-state index in [1.54, 1.807) is 29.2 Å². The van der Waals surface area contributed by atoms with Gasteiger partial charge >= 0.3 is 5.97 Å². The van der Waals surface area contributed by atoms with Crippen LogP contribution in [0.4, 0.5) is 0 Å². The molecule has 0 aromatic heterocycles. The fourth-order valence-electron chi connectivity index (χ4n) is 3.20. The lowest BCUT2D eigenvalue weighted by atomic mass is 10.1. The number of hydrogen-bond acceptors (Lipinski definition) is 4. The number of amides is 1. The molecule has 2 atom stereocenters. The van der Waals surface area contributed by atoms with Crippen LogP contribution in [0, 0.1) is 17.2 Å². The van der Waals surface area contributed by atoms with Gasteiger partial charge in [0, 0.05) is 18.5 Å². The van der Waals surface area contributed by atoms with Gasteiger partial charge in [0.1, 0.15) is 6.61 Å². The molecule has 0 spiro atoms. The Bertz CT molecular complexity index is 842. The highest BCUT2D eigenvalue weighted by Gasteiger charge is 2.37. The molecule has 1 saturated heterocycles. The molecule has 0 aliphatic carbocycles. The summed E-state index contributed by atoms with van der Waals surface area (Å²) in [6, 6.07) is 18.8. The number of esters is 1. The first kappa shape index (κ1) is 17.7. The van der Waals surface area contributed by atoms with E-state index in [9.17, 15) is 9.59 Å². The van der Waals surface area contributed by atoms with Gasteiger partial charge in [0.05, 0.1) is 23.6 Å². The van der Waals surface area contributed by atoms with Gasteiger partial charge in [0.2, 0.25) is 5.91 Å². The molecular weight excluding hydrogens is 328 g/mol. The van der Waals surface area contributed by atoms with Gasteiger partial charge in [-0.2, -0.15) is 5.26 Å². The second kappa shape index (κ2) is 7.83. The molecule has 5 heteroatoms. The van der Waals surface area contributed by atoms with Crippen LogP contribution in [0.2, 0.25) is 0 Å². The Kier molecular flexibility index (Phi) is 5.33. The predicted octanol–water partition coefficient (Wildman–Crippen LogP) is 3.21. The molecular formula is C21H20N2O3. The van der Waals surface area contributed by atoms with Crippen molar-refractivity contribution in [2.75, 3.05) is 6.54 Å². The Labute approximate surface area is 152 Å².